The van der Waals surface area contributed by atoms with Crippen LogP contribution in [0.4, 0.5) is 19.0 Å². The van der Waals surface area contributed by atoms with E-state index in [0.29, 0.717) is 30.4 Å². The van der Waals surface area contributed by atoms with Crippen LogP contribution in [0.2, 0.25) is 0 Å². The molecule has 2 aliphatic rings. The molecule has 4 heterocycles. The van der Waals surface area contributed by atoms with Gasteiger partial charge in [0.25, 0.3) is 5.91 Å². The SMILES string of the molecule is CN1CCC(/C=C(/C#N)C(=O)N2CCC[C@H](n3nc(-c4ccc(Oc5cccc(F)c5F)cc4F)c4c(N)ncnc43)C2)CC1. The summed E-state index contributed by atoms with van der Waals surface area (Å²) in [6.45, 7) is 2.61. The first-order chi connectivity index (χ1) is 21.7. The van der Waals surface area contributed by atoms with E-state index in [9.17, 15) is 18.8 Å². The number of carbonyl (C=O) groups is 1. The summed E-state index contributed by atoms with van der Waals surface area (Å²) in [6.07, 6.45) is 6.23. The van der Waals surface area contributed by atoms with Crippen molar-refractivity contribution in [2.75, 3.05) is 39.0 Å². The number of benzene rings is 2. The number of carbonyl (C=O) groups excluding carboxylic acids is 1. The Kier molecular flexibility index (Phi) is 8.40. The van der Waals surface area contributed by atoms with Crippen molar-refractivity contribution in [1.29, 1.82) is 5.26 Å². The maximum atomic E-state index is 15.6. The van der Waals surface area contributed by atoms with Gasteiger partial charge in [-0.2, -0.15) is 14.8 Å². The van der Waals surface area contributed by atoms with E-state index in [4.69, 9.17) is 15.6 Å². The van der Waals surface area contributed by atoms with Crippen LogP contribution in [0.15, 0.2) is 54.4 Å². The molecule has 1 amide bonds. The zero-order valence-electron chi connectivity index (χ0n) is 24.6. The van der Waals surface area contributed by atoms with E-state index >= 15 is 4.39 Å². The normalized spacial score (nSPS) is 18.2. The van der Waals surface area contributed by atoms with Gasteiger partial charge in [0.15, 0.2) is 17.2 Å². The van der Waals surface area contributed by atoms with Gasteiger partial charge in [-0.25, -0.2) is 23.4 Å². The number of rotatable bonds is 6. The van der Waals surface area contributed by atoms with E-state index in [2.05, 4.69) is 28.0 Å². The Morgan fingerprint density at radius 2 is 1.89 bits per heavy atom. The van der Waals surface area contributed by atoms with Crippen molar-refractivity contribution in [3.05, 3.63) is 71.8 Å². The van der Waals surface area contributed by atoms with Crippen LogP contribution in [0.1, 0.15) is 31.7 Å². The van der Waals surface area contributed by atoms with Crippen LogP contribution in [0, 0.1) is 34.7 Å². The van der Waals surface area contributed by atoms with Crippen LogP contribution in [0.5, 0.6) is 11.5 Å². The van der Waals surface area contributed by atoms with Gasteiger partial charge in [-0.3, -0.25) is 4.79 Å². The van der Waals surface area contributed by atoms with Gasteiger partial charge in [-0.15, -0.1) is 0 Å². The molecule has 2 N–H and O–H groups in total. The molecule has 2 saturated heterocycles. The largest absolute Gasteiger partial charge is 0.454 e. The van der Waals surface area contributed by atoms with Crippen LogP contribution < -0.4 is 10.5 Å². The number of ether oxygens (including phenoxy) is 1. The Morgan fingerprint density at radius 3 is 2.64 bits per heavy atom. The Morgan fingerprint density at radius 1 is 1.09 bits per heavy atom. The summed E-state index contributed by atoms with van der Waals surface area (Å²) in [6, 6.07) is 9.13. The molecule has 0 unspecified atom stereocenters. The first-order valence-corrected chi connectivity index (χ1v) is 14.7. The number of fused-ring (bicyclic) bond motifs is 1. The van der Waals surface area contributed by atoms with Gasteiger partial charge in [0.2, 0.25) is 5.82 Å². The van der Waals surface area contributed by atoms with Gasteiger partial charge in [0, 0.05) is 24.7 Å². The van der Waals surface area contributed by atoms with E-state index in [1.54, 1.807) is 9.58 Å². The Hall–Kier alpha value is -4.96. The molecule has 0 radical (unpaired) electrons. The van der Waals surface area contributed by atoms with Gasteiger partial charge in [0.1, 0.15) is 41.0 Å². The highest BCUT2D eigenvalue weighted by atomic mass is 19.2. The average Bonchev–Trinajstić information content (AvgIpc) is 3.43. The molecule has 4 aromatic rings. The third kappa shape index (κ3) is 6.06. The number of nitrogens with zero attached hydrogens (tertiary/aromatic N) is 7. The first-order valence-electron chi connectivity index (χ1n) is 14.7. The molecule has 0 spiro atoms. The number of aromatic nitrogens is 4. The third-order valence-electron chi connectivity index (χ3n) is 8.40. The van der Waals surface area contributed by atoms with Crippen LogP contribution >= 0.6 is 0 Å². The fourth-order valence-corrected chi connectivity index (χ4v) is 5.98. The van der Waals surface area contributed by atoms with E-state index < -0.39 is 17.5 Å². The monoisotopic (exact) mass is 616 g/mol. The summed E-state index contributed by atoms with van der Waals surface area (Å²) in [4.78, 5) is 25.9. The van der Waals surface area contributed by atoms with Crippen molar-refractivity contribution in [3.63, 3.8) is 0 Å². The molecular weight excluding hydrogens is 585 g/mol. The zero-order chi connectivity index (χ0) is 31.7. The molecule has 1 atom stereocenters. The third-order valence-corrected chi connectivity index (χ3v) is 8.40. The van der Waals surface area contributed by atoms with Gasteiger partial charge in [0.05, 0.1) is 11.4 Å². The number of piperidine rings is 2. The number of likely N-dealkylation sites (tertiary alicyclic amines) is 2. The molecular formula is C32H31F3N8O2. The minimum absolute atomic E-state index is 0.0447. The van der Waals surface area contributed by atoms with Crippen LogP contribution in [-0.4, -0.2) is 68.7 Å². The van der Waals surface area contributed by atoms with Crippen molar-refractivity contribution >= 4 is 22.8 Å². The first kappa shape index (κ1) is 30.1. The van der Waals surface area contributed by atoms with Crippen LogP contribution in [-0.2, 0) is 4.79 Å². The highest BCUT2D eigenvalue weighted by molar-refractivity contribution is 5.99. The molecule has 0 saturated carbocycles. The van der Waals surface area contributed by atoms with Crippen LogP contribution in [0.3, 0.4) is 0 Å². The lowest BCUT2D eigenvalue weighted by Crippen LogP contribution is -2.41. The summed E-state index contributed by atoms with van der Waals surface area (Å²) < 4.78 is 50.3. The number of amides is 1. The number of allylic oxidation sites excluding steroid dienone is 1. The van der Waals surface area contributed by atoms with Crippen molar-refractivity contribution in [3.8, 4) is 28.8 Å². The van der Waals surface area contributed by atoms with E-state index in [0.717, 1.165) is 38.1 Å². The molecule has 6 rings (SSSR count). The number of anilines is 1. The van der Waals surface area contributed by atoms with Crippen LogP contribution in [0.25, 0.3) is 22.3 Å². The van der Waals surface area contributed by atoms with E-state index in [1.165, 1.54) is 30.6 Å². The highest BCUT2D eigenvalue weighted by Gasteiger charge is 2.31. The minimum atomic E-state index is -1.18. The van der Waals surface area contributed by atoms with Crippen molar-refractivity contribution in [2.24, 2.45) is 5.92 Å². The van der Waals surface area contributed by atoms with Crippen molar-refractivity contribution in [1.82, 2.24) is 29.5 Å². The molecule has 13 heteroatoms. The summed E-state index contributed by atoms with van der Waals surface area (Å²) in [5.41, 5.74) is 7.02. The molecule has 2 aliphatic heterocycles. The maximum Gasteiger partial charge on any atom is 0.264 e. The Balaban J connectivity index is 1.28. The number of halogens is 3. The Labute approximate surface area is 257 Å². The number of nitrogens with two attached hydrogens (primary N) is 1. The van der Waals surface area contributed by atoms with E-state index in [1.807, 2.05) is 6.08 Å². The lowest BCUT2D eigenvalue weighted by Gasteiger charge is -2.33. The van der Waals surface area contributed by atoms with Gasteiger partial charge >= 0.3 is 0 Å². The predicted molar refractivity (Wildman–Crippen MR) is 160 cm³/mol. The zero-order valence-corrected chi connectivity index (χ0v) is 24.6. The molecule has 10 nitrogen and oxygen atoms in total. The lowest BCUT2D eigenvalue weighted by molar-refractivity contribution is -0.128. The van der Waals surface area contributed by atoms with Crippen molar-refractivity contribution in [2.45, 2.75) is 31.7 Å². The van der Waals surface area contributed by atoms with Crippen molar-refractivity contribution < 1.29 is 22.7 Å². The molecule has 0 aliphatic carbocycles. The van der Waals surface area contributed by atoms with E-state index in [-0.39, 0.29) is 58.6 Å². The highest BCUT2D eigenvalue weighted by Crippen LogP contribution is 2.37. The second-order valence-corrected chi connectivity index (χ2v) is 11.4. The second-order valence-electron chi connectivity index (χ2n) is 11.4. The molecule has 45 heavy (non-hydrogen) atoms. The average molecular weight is 617 g/mol. The minimum Gasteiger partial charge on any atom is -0.454 e. The smallest absolute Gasteiger partial charge is 0.264 e. The molecule has 2 aromatic carbocycles. The Bertz CT molecular complexity index is 1830. The molecule has 2 aromatic heterocycles. The van der Waals surface area contributed by atoms with Gasteiger partial charge in [-0.05, 0) is 76.0 Å². The maximum absolute atomic E-state index is 15.6. The van der Waals surface area contributed by atoms with Gasteiger partial charge < -0.3 is 20.3 Å². The topological polar surface area (TPSA) is 126 Å². The quantitative estimate of drug-likeness (QED) is 0.230. The summed E-state index contributed by atoms with van der Waals surface area (Å²) >= 11 is 0. The molecule has 2 fully saturated rings. The lowest BCUT2D eigenvalue weighted by atomic mass is 9.94. The number of nitrogen functional groups attached to an aromatic ring is 1. The standard InChI is InChI=1S/C32H31F3N8O2/c1-41-12-9-19(10-13-41)14-20(16-36)32(44)42-11-3-4-21(17-42)43-31-27(30(37)38-18-39-31)29(40-43)23-8-7-22(15-25(23)34)45-26-6-2-5-24(33)28(26)35/h2,5-8,14-15,18-19,21H,3-4,9-13,17H2,1H3,(H2,37,38,39)/b20-14-/t21-/m0/s1. The number of nitriles is 1. The fraction of sp³-hybridized carbons (Fsp3) is 0.344. The fourth-order valence-electron chi connectivity index (χ4n) is 5.98. The summed E-state index contributed by atoms with van der Waals surface area (Å²) in [5.74, 6) is -3.48. The predicted octanol–water partition coefficient (Wildman–Crippen LogP) is 5.24. The number of hydrogen-bond donors (Lipinski definition) is 1. The second kappa shape index (κ2) is 12.6. The van der Waals surface area contributed by atoms with Gasteiger partial charge in [-0.1, -0.05) is 12.1 Å². The molecule has 0 bridgehead atoms. The molecule has 232 valence electrons. The summed E-state index contributed by atoms with van der Waals surface area (Å²) in [5, 5.41) is 14.9. The number of hydrogen-bond acceptors (Lipinski definition) is 8. The summed E-state index contributed by atoms with van der Waals surface area (Å²) in [7, 11) is 2.06.